The number of carbonyl (C=O) groups excluding carboxylic acids is 2. The van der Waals surface area contributed by atoms with Gasteiger partial charge in [-0.3, -0.25) is 14.6 Å². The molecule has 0 bridgehead atoms. The molecule has 172 valence electrons. The fraction of sp³-hybridized carbons (Fsp3) is 0.440. The zero-order valence-electron chi connectivity index (χ0n) is 19.1. The first-order valence-electron chi connectivity index (χ1n) is 10.9. The summed E-state index contributed by atoms with van der Waals surface area (Å²) in [6.07, 6.45) is 0. The summed E-state index contributed by atoms with van der Waals surface area (Å²) in [5.41, 5.74) is 1.92. The van der Waals surface area contributed by atoms with Crippen molar-refractivity contribution in [2.24, 2.45) is 0 Å². The third-order valence-electron chi connectivity index (χ3n) is 5.55. The van der Waals surface area contributed by atoms with Gasteiger partial charge in [-0.15, -0.1) is 0 Å². The van der Waals surface area contributed by atoms with Crippen LogP contribution in [0.5, 0.6) is 0 Å². The van der Waals surface area contributed by atoms with Crippen LogP contribution in [0.1, 0.15) is 35.3 Å². The van der Waals surface area contributed by atoms with Gasteiger partial charge in [0.1, 0.15) is 12.3 Å². The highest BCUT2D eigenvalue weighted by molar-refractivity contribution is 5.97. The monoisotopic (exact) mass is 441 g/mol. The molecule has 2 amide bonds. The lowest BCUT2D eigenvalue weighted by Gasteiger charge is -2.39. The molecule has 0 spiro atoms. The van der Waals surface area contributed by atoms with E-state index in [4.69, 9.17) is 5.11 Å². The average Bonchev–Trinajstić information content (AvgIpc) is 2.76. The van der Waals surface area contributed by atoms with Crippen LogP contribution >= 0.6 is 0 Å². The van der Waals surface area contributed by atoms with Crippen LogP contribution < -0.4 is 4.90 Å². The van der Waals surface area contributed by atoms with Crippen molar-refractivity contribution in [3.63, 3.8) is 0 Å². The number of anilines is 1. The Bertz CT molecular complexity index is 932. The van der Waals surface area contributed by atoms with E-state index in [-0.39, 0.29) is 11.8 Å². The van der Waals surface area contributed by atoms with Crippen molar-refractivity contribution in [1.82, 2.24) is 9.80 Å². The van der Waals surface area contributed by atoms with Crippen molar-refractivity contribution < 1.29 is 19.1 Å². The van der Waals surface area contributed by atoms with Gasteiger partial charge < -0.3 is 10.0 Å². The van der Waals surface area contributed by atoms with Crippen LogP contribution in [0.2, 0.25) is 0 Å². The number of halogens is 1. The average molecular weight is 442 g/mol. The van der Waals surface area contributed by atoms with Crippen LogP contribution in [-0.4, -0.2) is 71.7 Å². The molecule has 2 aromatic carbocycles. The van der Waals surface area contributed by atoms with Gasteiger partial charge in [-0.2, -0.15) is 0 Å². The Morgan fingerprint density at radius 1 is 1.06 bits per heavy atom. The number of Topliss-reactive ketones (excluding diaryl/α,β-unsaturated/α-hetero) is 1. The van der Waals surface area contributed by atoms with E-state index in [0.717, 1.165) is 16.8 Å². The molecule has 0 aliphatic carbocycles. The second-order valence-electron chi connectivity index (χ2n) is 8.97. The number of aryl methyl sites for hydroxylation is 1. The normalized spacial score (nSPS) is 15.0. The van der Waals surface area contributed by atoms with Crippen LogP contribution in [0.15, 0.2) is 48.5 Å². The maximum absolute atomic E-state index is 14.0. The number of rotatable bonds is 7. The van der Waals surface area contributed by atoms with Gasteiger partial charge in [0.05, 0.1) is 6.54 Å². The van der Waals surface area contributed by atoms with E-state index in [9.17, 15) is 14.0 Å². The Kier molecular flexibility index (Phi) is 7.64. The zero-order chi connectivity index (χ0) is 23.3. The first-order valence-corrected chi connectivity index (χ1v) is 10.9. The lowest BCUT2D eigenvalue weighted by Crippen LogP contribution is -2.54. The second-order valence-corrected chi connectivity index (χ2v) is 8.97. The van der Waals surface area contributed by atoms with Gasteiger partial charge in [-0.1, -0.05) is 36.4 Å². The molecule has 6 nitrogen and oxygen atoms in total. The van der Waals surface area contributed by atoms with E-state index in [2.05, 4.69) is 4.90 Å². The number of urea groups is 1. The Balaban J connectivity index is 1.76. The number of aliphatic hydroxyl groups is 1. The van der Waals surface area contributed by atoms with Crippen LogP contribution in [0.3, 0.4) is 0 Å². The molecule has 7 heteroatoms. The minimum atomic E-state index is -1.26. The molecule has 0 saturated carbocycles. The lowest BCUT2D eigenvalue weighted by atomic mass is 10.1. The summed E-state index contributed by atoms with van der Waals surface area (Å²) < 4.78 is 14.0. The van der Waals surface area contributed by atoms with Gasteiger partial charge in [0, 0.05) is 44.0 Å². The third kappa shape index (κ3) is 6.37. The molecule has 1 saturated heterocycles. The van der Waals surface area contributed by atoms with E-state index in [1.807, 2.05) is 36.1 Å². The molecular formula is C25H32FN3O3. The molecule has 1 fully saturated rings. The highest BCUT2D eigenvalue weighted by Gasteiger charge is 2.29. The second kappa shape index (κ2) is 10.2. The predicted octanol–water partition coefficient (Wildman–Crippen LogP) is 3.66. The molecule has 1 N–H and O–H groups in total. The van der Waals surface area contributed by atoms with E-state index < -0.39 is 12.3 Å². The molecule has 1 aliphatic rings. The van der Waals surface area contributed by atoms with E-state index in [0.29, 0.717) is 44.8 Å². The molecule has 1 aliphatic heterocycles. The number of hydrogen-bond donors (Lipinski definition) is 1. The predicted molar refractivity (Wildman–Crippen MR) is 124 cm³/mol. The molecular weight excluding hydrogens is 409 g/mol. The van der Waals surface area contributed by atoms with E-state index >= 15 is 0 Å². The summed E-state index contributed by atoms with van der Waals surface area (Å²) >= 11 is 0. The van der Waals surface area contributed by atoms with Gasteiger partial charge in [0.25, 0.3) is 0 Å². The minimum Gasteiger partial charge on any atom is -0.388 e. The molecule has 0 unspecified atom stereocenters. The Morgan fingerprint density at radius 2 is 1.72 bits per heavy atom. The maximum atomic E-state index is 14.0. The quantitative estimate of drug-likeness (QED) is 0.666. The largest absolute Gasteiger partial charge is 0.388 e. The highest BCUT2D eigenvalue weighted by atomic mass is 19.1. The number of benzene rings is 2. The summed E-state index contributed by atoms with van der Waals surface area (Å²) in [7, 11) is 0. The number of amides is 2. The Hall–Kier alpha value is -2.77. The summed E-state index contributed by atoms with van der Waals surface area (Å²) in [6.45, 7) is 7.67. The topological polar surface area (TPSA) is 64.1 Å². The first-order chi connectivity index (χ1) is 15.2. The maximum Gasteiger partial charge on any atom is 0.324 e. The van der Waals surface area contributed by atoms with Crippen molar-refractivity contribution in [2.75, 3.05) is 44.2 Å². The first kappa shape index (κ1) is 23.9. The standard InChI is InChI=1S/C25H32FN3O3/c1-19-5-4-6-22(15-19)29(16-20-7-9-21(10-8-20)23(31)17-30)24(32)28-13-11-27(12-14-28)18-25(2,3)26/h4-10,15,30H,11-14,16-18H2,1-3H3. The molecule has 2 aromatic rings. The van der Waals surface area contributed by atoms with Crippen molar-refractivity contribution >= 4 is 17.5 Å². The number of piperazine rings is 1. The van der Waals surface area contributed by atoms with Crippen LogP contribution in [0, 0.1) is 6.92 Å². The number of hydrogen-bond acceptors (Lipinski definition) is 4. The van der Waals surface area contributed by atoms with Crippen molar-refractivity contribution in [3.8, 4) is 0 Å². The van der Waals surface area contributed by atoms with Crippen LogP contribution in [0.4, 0.5) is 14.9 Å². The van der Waals surface area contributed by atoms with E-state index in [1.165, 1.54) is 0 Å². The van der Waals surface area contributed by atoms with Crippen molar-refractivity contribution in [1.29, 1.82) is 0 Å². The number of alkyl halides is 1. The van der Waals surface area contributed by atoms with Gasteiger partial charge >= 0.3 is 6.03 Å². The number of ketones is 1. The highest BCUT2D eigenvalue weighted by Crippen LogP contribution is 2.22. The number of carbonyl (C=O) groups is 2. The van der Waals surface area contributed by atoms with Crippen molar-refractivity contribution in [2.45, 2.75) is 33.0 Å². The zero-order valence-corrected chi connectivity index (χ0v) is 19.1. The molecule has 3 rings (SSSR count). The molecule has 0 atom stereocenters. The fourth-order valence-corrected chi connectivity index (χ4v) is 3.93. The SMILES string of the molecule is Cc1cccc(N(Cc2ccc(C(=O)CO)cc2)C(=O)N2CCN(CC(C)(C)F)CC2)c1. The van der Waals surface area contributed by atoms with Gasteiger partial charge in [-0.25, -0.2) is 9.18 Å². The summed E-state index contributed by atoms with van der Waals surface area (Å²) in [5, 5.41) is 9.04. The summed E-state index contributed by atoms with van der Waals surface area (Å²) in [5.74, 6) is -0.336. The van der Waals surface area contributed by atoms with Gasteiger partial charge in [0.2, 0.25) is 0 Å². The fourth-order valence-electron chi connectivity index (χ4n) is 3.93. The minimum absolute atomic E-state index is 0.0923. The number of nitrogens with zero attached hydrogens (tertiary/aromatic N) is 3. The molecule has 32 heavy (non-hydrogen) atoms. The summed E-state index contributed by atoms with van der Waals surface area (Å²) in [6, 6.07) is 14.7. The Labute approximate surface area is 189 Å². The van der Waals surface area contributed by atoms with E-state index in [1.54, 1.807) is 43.0 Å². The van der Waals surface area contributed by atoms with Crippen LogP contribution in [0.25, 0.3) is 0 Å². The lowest BCUT2D eigenvalue weighted by molar-refractivity contribution is 0.0866. The third-order valence-corrected chi connectivity index (χ3v) is 5.55. The molecule has 0 aromatic heterocycles. The summed E-state index contributed by atoms with van der Waals surface area (Å²) in [4.78, 5) is 30.8. The Morgan fingerprint density at radius 3 is 2.28 bits per heavy atom. The smallest absolute Gasteiger partial charge is 0.324 e. The van der Waals surface area contributed by atoms with Gasteiger partial charge in [-0.05, 0) is 44.0 Å². The van der Waals surface area contributed by atoms with Gasteiger partial charge in [0.15, 0.2) is 5.78 Å². The molecule has 1 heterocycles. The molecule has 0 radical (unpaired) electrons. The van der Waals surface area contributed by atoms with Crippen molar-refractivity contribution in [3.05, 3.63) is 65.2 Å². The number of aliphatic hydroxyl groups excluding tert-OH is 1. The van der Waals surface area contributed by atoms with Crippen LogP contribution in [-0.2, 0) is 6.54 Å².